The van der Waals surface area contributed by atoms with Crippen LogP contribution in [0.1, 0.15) is 31.4 Å². The van der Waals surface area contributed by atoms with Crippen molar-refractivity contribution in [1.29, 1.82) is 0 Å². The van der Waals surface area contributed by atoms with Crippen LogP contribution in [0, 0.1) is 25.7 Å². The minimum atomic E-state index is -0.211. The van der Waals surface area contributed by atoms with Crippen molar-refractivity contribution >= 4 is 23.2 Å². The maximum atomic E-state index is 13.0. The standard InChI is InChI=1S/C23H28N2O2/c1-5-24(18-11-7-9-16(3)13-18)22(26)20-15-21(20)23(27)25(6-2)19-12-8-10-17(4)14-19/h7-14,20-21H,5-6,15H2,1-4H3. The summed E-state index contributed by atoms with van der Waals surface area (Å²) in [5.74, 6) is -0.308. The summed E-state index contributed by atoms with van der Waals surface area (Å²) in [6.45, 7) is 9.21. The molecule has 3 rings (SSSR count). The molecular formula is C23H28N2O2. The number of hydrogen-bond acceptors (Lipinski definition) is 2. The van der Waals surface area contributed by atoms with Crippen molar-refractivity contribution in [3.05, 3.63) is 59.7 Å². The summed E-state index contributed by atoms with van der Waals surface area (Å²) in [6, 6.07) is 15.9. The van der Waals surface area contributed by atoms with Gasteiger partial charge in [0.1, 0.15) is 0 Å². The van der Waals surface area contributed by atoms with Crippen LogP contribution >= 0.6 is 0 Å². The van der Waals surface area contributed by atoms with E-state index in [4.69, 9.17) is 0 Å². The van der Waals surface area contributed by atoms with Crippen LogP contribution in [-0.2, 0) is 9.59 Å². The molecule has 0 heterocycles. The Hall–Kier alpha value is -2.62. The summed E-state index contributed by atoms with van der Waals surface area (Å²) in [6.07, 6.45) is 0.641. The molecule has 0 radical (unpaired) electrons. The van der Waals surface area contributed by atoms with E-state index in [9.17, 15) is 9.59 Å². The summed E-state index contributed by atoms with van der Waals surface area (Å²) < 4.78 is 0. The largest absolute Gasteiger partial charge is 0.312 e. The Bertz CT molecular complexity index is 776. The number of carbonyl (C=O) groups is 2. The lowest BCUT2D eigenvalue weighted by Crippen LogP contribution is -2.36. The smallest absolute Gasteiger partial charge is 0.230 e. The molecule has 1 saturated carbocycles. The van der Waals surface area contributed by atoms with Gasteiger partial charge in [-0.1, -0.05) is 24.3 Å². The highest BCUT2D eigenvalue weighted by Crippen LogP contribution is 2.43. The van der Waals surface area contributed by atoms with Crippen LogP contribution in [0.2, 0.25) is 0 Å². The Kier molecular flexibility index (Phi) is 5.64. The Balaban J connectivity index is 1.73. The first-order valence-corrected chi connectivity index (χ1v) is 9.72. The molecule has 27 heavy (non-hydrogen) atoms. The van der Waals surface area contributed by atoms with E-state index in [0.29, 0.717) is 19.5 Å². The summed E-state index contributed by atoms with van der Waals surface area (Å²) in [5, 5.41) is 0. The zero-order chi connectivity index (χ0) is 19.6. The van der Waals surface area contributed by atoms with Crippen molar-refractivity contribution in [2.24, 2.45) is 11.8 Å². The molecule has 2 atom stereocenters. The van der Waals surface area contributed by atoms with Gasteiger partial charge < -0.3 is 9.80 Å². The van der Waals surface area contributed by atoms with Gasteiger partial charge in [0.2, 0.25) is 11.8 Å². The fraction of sp³-hybridized carbons (Fsp3) is 0.391. The molecule has 2 unspecified atom stereocenters. The van der Waals surface area contributed by atoms with E-state index in [0.717, 1.165) is 22.5 Å². The van der Waals surface area contributed by atoms with Crippen LogP contribution in [-0.4, -0.2) is 24.9 Å². The van der Waals surface area contributed by atoms with E-state index in [1.807, 2.05) is 76.2 Å². The molecule has 0 N–H and O–H groups in total. The number of aryl methyl sites for hydroxylation is 2. The van der Waals surface area contributed by atoms with Gasteiger partial charge in [-0.25, -0.2) is 0 Å². The summed E-state index contributed by atoms with van der Waals surface area (Å²) in [5.41, 5.74) is 4.07. The summed E-state index contributed by atoms with van der Waals surface area (Å²) in [4.78, 5) is 29.6. The zero-order valence-electron chi connectivity index (χ0n) is 16.6. The zero-order valence-corrected chi connectivity index (χ0v) is 16.6. The highest BCUT2D eigenvalue weighted by molar-refractivity contribution is 6.05. The monoisotopic (exact) mass is 364 g/mol. The number of rotatable bonds is 6. The molecule has 2 amide bonds. The molecule has 1 aliphatic carbocycles. The van der Waals surface area contributed by atoms with E-state index >= 15 is 0 Å². The van der Waals surface area contributed by atoms with Gasteiger partial charge in [-0.3, -0.25) is 9.59 Å². The third-order valence-corrected chi connectivity index (χ3v) is 5.22. The van der Waals surface area contributed by atoms with Crippen LogP contribution in [0.15, 0.2) is 48.5 Å². The van der Waals surface area contributed by atoms with Crippen LogP contribution < -0.4 is 9.80 Å². The maximum Gasteiger partial charge on any atom is 0.230 e. The van der Waals surface area contributed by atoms with Gasteiger partial charge in [-0.05, 0) is 69.5 Å². The first-order chi connectivity index (χ1) is 13.0. The van der Waals surface area contributed by atoms with Gasteiger partial charge in [0.15, 0.2) is 0 Å². The predicted octanol–water partition coefficient (Wildman–Crippen LogP) is 4.35. The van der Waals surface area contributed by atoms with Gasteiger partial charge in [-0.2, -0.15) is 0 Å². The molecule has 1 fully saturated rings. The van der Waals surface area contributed by atoms with Crippen molar-refractivity contribution in [2.75, 3.05) is 22.9 Å². The second-order valence-corrected chi connectivity index (χ2v) is 7.29. The molecular weight excluding hydrogens is 336 g/mol. The number of carbonyl (C=O) groups excluding carboxylic acids is 2. The normalized spacial score (nSPS) is 18.1. The van der Waals surface area contributed by atoms with Gasteiger partial charge in [0, 0.05) is 24.5 Å². The molecule has 2 aromatic carbocycles. The third-order valence-electron chi connectivity index (χ3n) is 5.22. The molecule has 0 aromatic heterocycles. The first kappa shape index (κ1) is 19.2. The van der Waals surface area contributed by atoms with Gasteiger partial charge in [0.05, 0.1) is 11.8 Å². The van der Waals surface area contributed by atoms with Crippen molar-refractivity contribution in [3.8, 4) is 0 Å². The Labute approximate surface area is 161 Å². The molecule has 0 saturated heterocycles. The van der Waals surface area contributed by atoms with E-state index in [1.165, 1.54) is 0 Å². The third kappa shape index (κ3) is 4.05. The molecule has 4 nitrogen and oxygen atoms in total. The summed E-state index contributed by atoms with van der Waals surface area (Å²) >= 11 is 0. The first-order valence-electron chi connectivity index (χ1n) is 9.72. The predicted molar refractivity (Wildman–Crippen MR) is 110 cm³/mol. The van der Waals surface area contributed by atoms with E-state index in [-0.39, 0.29) is 23.7 Å². The minimum absolute atomic E-state index is 0.0572. The molecule has 4 heteroatoms. The van der Waals surface area contributed by atoms with E-state index in [2.05, 4.69) is 0 Å². The fourth-order valence-electron chi connectivity index (χ4n) is 3.66. The SMILES string of the molecule is CCN(C(=O)C1CC1C(=O)N(CC)c1cccc(C)c1)c1cccc(C)c1. The molecule has 2 aromatic rings. The second-order valence-electron chi connectivity index (χ2n) is 7.29. The van der Waals surface area contributed by atoms with Crippen LogP contribution in [0.3, 0.4) is 0 Å². The summed E-state index contributed by atoms with van der Waals surface area (Å²) in [7, 11) is 0. The molecule has 0 bridgehead atoms. The van der Waals surface area contributed by atoms with Crippen LogP contribution in [0.4, 0.5) is 11.4 Å². The maximum absolute atomic E-state index is 13.0. The van der Waals surface area contributed by atoms with Crippen molar-refractivity contribution < 1.29 is 9.59 Å². The van der Waals surface area contributed by atoms with Gasteiger partial charge in [-0.15, -0.1) is 0 Å². The van der Waals surface area contributed by atoms with Gasteiger partial charge >= 0.3 is 0 Å². The Morgan fingerprint density at radius 1 is 0.815 bits per heavy atom. The number of amides is 2. The Morgan fingerprint density at radius 3 is 1.56 bits per heavy atom. The van der Waals surface area contributed by atoms with Crippen LogP contribution in [0.5, 0.6) is 0 Å². The lowest BCUT2D eigenvalue weighted by molar-refractivity contribution is -0.124. The lowest BCUT2D eigenvalue weighted by atomic mass is 10.1. The average Bonchev–Trinajstić information content (AvgIpc) is 3.44. The minimum Gasteiger partial charge on any atom is -0.312 e. The molecule has 0 aliphatic heterocycles. The quantitative estimate of drug-likeness (QED) is 0.765. The molecule has 1 aliphatic rings. The average molecular weight is 364 g/mol. The topological polar surface area (TPSA) is 40.6 Å². The highest BCUT2D eigenvalue weighted by atomic mass is 16.2. The highest BCUT2D eigenvalue weighted by Gasteiger charge is 2.51. The van der Waals surface area contributed by atoms with Crippen molar-refractivity contribution in [2.45, 2.75) is 34.1 Å². The van der Waals surface area contributed by atoms with E-state index < -0.39 is 0 Å². The molecule has 142 valence electrons. The number of nitrogens with zero attached hydrogens (tertiary/aromatic N) is 2. The number of anilines is 2. The lowest BCUT2D eigenvalue weighted by Gasteiger charge is -2.23. The molecule has 0 spiro atoms. The van der Waals surface area contributed by atoms with Gasteiger partial charge in [0.25, 0.3) is 0 Å². The van der Waals surface area contributed by atoms with Crippen LogP contribution in [0.25, 0.3) is 0 Å². The Morgan fingerprint density at radius 2 is 1.22 bits per heavy atom. The van der Waals surface area contributed by atoms with E-state index in [1.54, 1.807) is 9.80 Å². The van der Waals surface area contributed by atoms with Crippen molar-refractivity contribution in [3.63, 3.8) is 0 Å². The second kappa shape index (κ2) is 7.95. The fourth-order valence-corrected chi connectivity index (χ4v) is 3.66. The van der Waals surface area contributed by atoms with Crippen molar-refractivity contribution in [1.82, 2.24) is 0 Å². The number of hydrogen-bond donors (Lipinski definition) is 0. The number of benzene rings is 2.